The van der Waals surface area contributed by atoms with Crippen molar-refractivity contribution in [2.45, 2.75) is 0 Å². The molecule has 47 heavy (non-hydrogen) atoms. The second-order valence-electron chi connectivity index (χ2n) is 12.1. The van der Waals surface area contributed by atoms with Gasteiger partial charge in [-0.1, -0.05) is 115 Å². The van der Waals surface area contributed by atoms with Gasteiger partial charge in [0.2, 0.25) is 0 Å². The Morgan fingerprint density at radius 3 is 1.77 bits per heavy atom. The highest BCUT2D eigenvalue weighted by Crippen LogP contribution is 2.44. The SMILES string of the molecule is c1ccc2c(-c3ccc(N(c4ccc5c(c4)sc4ccccc45)c4ccc5ccc6c7ccccc7sc6c5c4)cc3)cccc2c1. The second kappa shape index (κ2) is 10.5. The van der Waals surface area contributed by atoms with Crippen LogP contribution in [0.3, 0.4) is 0 Å². The van der Waals surface area contributed by atoms with Crippen LogP contribution in [-0.4, -0.2) is 0 Å². The van der Waals surface area contributed by atoms with Crippen LogP contribution >= 0.6 is 22.7 Å². The lowest BCUT2D eigenvalue weighted by Crippen LogP contribution is -2.09. The molecule has 3 heteroatoms. The van der Waals surface area contributed by atoms with Gasteiger partial charge in [0.25, 0.3) is 0 Å². The number of hydrogen-bond acceptors (Lipinski definition) is 3. The van der Waals surface area contributed by atoms with E-state index in [4.69, 9.17) is 0 Å². The zero-order valence-electron chi connectivity index (χ0n) is 25.4. The number of hydrogen-bond donors (Lipinski definition) is 0. The number of anilines is 3. The van der Waals surface area contributed by atoms with E-state index in [0.29, 0.717) is 0 Å². The largest absolute Gasteiger partial charge is 0.310 e. The summed E-state index contributed by atoms with van der Waals surface area (Å²) < 4.78 is 5.30. The van der Waals surface area contributed by atoms with Crippen LogP contribution in [0.15, 0.2) is 164 Å². The summed E-state index contributed by atoms with van der Waals surface area (Å²) >= 11 is 3.76. The van der Waals surface area contributed by atoms with Gasteiger partial charge in [-0.25, -0.2) is 0 Å². The Kier molecular flexibility index (Phi) is 5.98. The zero-order chi connectivity index (χ0) is 30.9. The molecule has 0 saturated heterocycles. The van der Waals surface area contributed by atoms with Gasteiger partial charge >= 0.3 is 0 Å². The van der Waals surface area contributed by atoms with Crippen molar-refractivity contribution >= 4 is 102 Å². The fourth-order valence-electron chi connectivity index (χ4n) is 7.20. The first-order valence-electron chi connectivity index (χ1n) is 15.9. The van der Waals surface area contributed by atoms with E-state index in [-0.39, 0.29) is 0 Å². The molecule has 0 N–H and O–H groups in total. The summed E-state index contributed by atoms with van der Waals surface area (Å²) in [6.45, 7) is 0. The summed E-state index contributed by atoms with van der Waals surface area (Å²) in [5, 5.41) is 10.4. The summed E-state index contributed by atoms with van der Waals surface area (Å²) in [7, 11) is 0. The molecule has 0 fully saturated rings. The molecule has 0 radical (unpaired) electrons. The molecule has 0 unspecified atom stereocenters. The summed E-state index contributed by atoms with van der Waals surface area (Å²) in [5.74, 6) is 0. The van der Waals surface area contributed by atoms with Gasteiger partial charge in [0.05, 0.1) is 0 Å². The highest BCUT2D eigenvalue weighted by Gasteiger charge is 2.17. The van der Waals surface area contributed by atoms with Gasteiger partial charge in [0.15, 0.2) is 0 Å². The van der Waals surface area contributed by atoms with Gasteiger partial charge in [-0.3, -0.25) is 0 Å². The van der Waals surface area contributed by atoms with Crippen LogP contribution in [0.2, 0.25) is 0 Å². The van der Waals surface area contributed by atoms with Crippen LogP contribution in [0.4, 0.5) is 17.1 Å². The summed E-state index contributed by atoms with van der Waals surface area (Å²) in [6.07, 6.45) is 0. The maximum absolute atomic E-state index is 2.42. The molecule has 0 atom stereocenters. The minimum atomic E-state index is 1.14. The Morgan fingerprint density at radius 2 is 0.915 bits per heavy atom. The van der Waals surface area contributed by atoms with E-state index in [2.05, 4.69) is 169 Å². The molecule has 0 saturated carbocycles. The molecule has 220 valence electrons. The molecule has 0 spiro atoms. The van der Waals surface area contributed by atoms with Crippen LogP contribution in [0, 0.1) is 0 Å². The fourth-order valence-corrected chi connectivity index (χ4v) is 9.57. The van der Waals surface area contributed by atoms with Crippen molar-refractivity contribution < 1.29 is 0 Å². The van der Waals surface area contributed by atoms with Crippen molar-refractivity contribution in [3.8, 4) is 11.1 Å². The maximum atomic E-state index is 2.42. The lowest BCUT2D eigenvalue weighted by molar-refractivity contribution is 1.30. The Hall–Kier alpha value is -5.48. The van der Waals surface area contributed by atoms with E-state index in [1.54, 1.807) is 0 Å². The van der Waals surface area contributed by atoms with Gasteiger partial charge in [-0.05, 0) is 75.8 Å². The monoisotopic (exact) mass is 633 g/mol. The fraction of sp³-hybridized carbons (Fsp3) is 0. The average Bonchev–Trinajstić information content (AvgIpc) is 3.70. The lowest BCUT2D eigenvalue weighted by Gasteiger charge is -2.26. The van der Waals surface area contributed by atoms with Gasteiger partial charge in [-0.15, -0.1) is 22.7 Å². The maximum Gasteiger partial charge on any atom is 0.0476 e. The third-order valence-corrected chi connectivity index (χ3v) is 11.8. The van der Waals surface area contributed by atoms with E-state index >= 15 is 0 Å². The van der Waals surface area contributed by atoms with Crippen LogP contribution in [-0.2, 0) is 0 Å². The first-order valence-corrected chi connectivity index (χ1v) is 17.6. The highest BCUT2D eigenvalue weighted by atomic mass is 32.1. The number of nitrogens with zero attached hydrogens (tertiary/aromatic N) is 1. The normalized spacial score (nSPS) is 11.8. The van der Waals surface area contributed by atoms with Gasteiger partial charge in [0.1, 0.15) is 0 Å². The highest BCUT2D eigenvalue weighted by molar-refractivity contribution is 7.26. The van der Waals surface area contributed by atoms with Crippen molar-refractivity contribution in [1.29, 1.82) is 0 Å². The van der Waals surface area contributed by atoms with Crippen molar-refractivity contribution in [3.05, 3.63) is 164 Å². The quantitative estimate of drug-likeness (QED) is 0.186. The summed E-state index contributed by atoms with van der Waals surface area (Å²) in [6, 6.07) is 60.2. The predicted octanol–water partition coefficient (Wildman–Crippen LogP) is 13.9. The Balaban J connectivity index is 1.17. The van der Waals surface area contributed by atoms with E-state index in [9.17, 15) is 0 Å². The third kappa shape index (κ3) is 4.28. The molecule has 2 heterocycles. The molecule has 0 amide bonds. The number of benzene rings is 8. The van der Waals surface area contributed by atoms with Crippen molar-refractivity contribution in [1.82, 2.24) is 0 Å². The van der Waals surface area contributed by atoms with Gasteiger partial charge in [0, 0.05) is 62.8 Å². The lowest BCUT2D eigenvalue weighted by atomic mass is 9.98. The standard InChI is InChI=1S/C44H27NS2/c1-2-10-34-28(8-1)9-7-13-35(34)29-16-20-31(21-17-29)45(33-23-25-38-36-11-3-5-14-41(36)46-43(38)27-33)32-22-18-30-19-24-39-37-12-4-6-15-42(37)47-44(39)40(30)26-32/h1-27H. The topological polar surface area (TPSA) is 3.24 Å². The number of thiophene rings is 2. The molecule has 0 bridgehead atoms. The number of rotatable bonds is 4. The molecule has 10 aromatic rings. The van der Waals surface area contributed by atoms with Gasteiger partial charge in [-0.2, -0.15) is 0 Å². The van der Waals surface area contributed by atoms with E-state index in [1.165, 1.54) is 73.0 Å². The predicted molar refractivity (Wildman–Crippen MR) is 207 cm³/mol. The van der Waals surface area contributed by atoms with E-state index in [1.807, 2.05) is 22.7 Å². The van der Waals surface area contributed by atoms with Crippen LogP contribution < -0.4 is 4.90 Å². The second-order valence-corrected chi connectivity index (χ2v) is 14.3. The molecule has 1 nitrogen and oxygen atoms in total. The molecule has 0 aliphatic heterocycles. The first kappa shape index (κ1) is 26.7. The minimum Gasteiger partial charge on any atom is -0.310 e. The first-order chi connectivity index (χ1) is 23.3. The summed E-state index contributed by atoms with van der Waals surface area (Å²) in [4.78, 5) is 2.42. The average molecular weight is 634 g/mol. The molecule has 0 aliphatic carbocycles. The van der Waals surface area contributed by atoms with Crippen molar-refractivity contribution in [2.24, 2.45) is 0 Å². The Morgan fingerprint density at radius 1 is 0.340 bits per heavy atom. The van der Waals surface area contributed by atoms with Crippen molar-refractivity contribution in [2.75, 3.05) is 4.90 Å². The Labute approximate surface area is 280 Å². The van der Waals surface area contributed by atoms with Crippen molar-refractivity contribution in [3.63, 3.8) is 0 Å². The zero-order valence-corrected chi connectivity index (χ0v) is 27.0. The smallest absolute Gasteiger partial charge is 0.0476 e. The molecule has 0 aliphatic rings. The van der Waals surface area contributed by atoms with Crippen LogP contribution in [0.25, 0.3) is 73.0 Å². The third-order valence-electron chi connectivity index (χ3n) is 9.45. The molecule has 8 aromatic carbocycles. The van der Waals surface area contributed by atoms with E-state index < -0.39 is 0 Å². The minimum absolute atomic E-state index is 1.14. The van der Waals surface area contributed by atoms with E-state index in [0.717, 1.165) is 17.1 Å². The molecular formula is C44H27NS2. The Bertz CT molecular complexity index is 2800. The van der Waals surface area contributed by atoms with Crippen LogP contribution in [0.1, 0.15) is 0 Å². The van der Waals surface area contributed by atoms with Gasteiger partial charge < -0.3 is 4.90 Å². The molecule has 2 aromatic heterocycles. The molecule has 10 rings (SSSR count). The van der Waals surface area contributed by atoms with Crippen LogP contribution in [0.5, 0.6) is 0 Å². The summed E-state index contributed by atoms with van der Waals surface area (Å²) in [5.41, 5.74) is 5.92. The molecular weight excluding hydrogens is 607 g/mol. The number of fused-ring (bicyclic) bond motifs is 9.